The van der Waals surface area contributed by atoms with E-state index in [0.717, 1.165) is 28.1 Å². The van der Waals surface area contributed by atoms with Gasteiger partial charge in [0.2, 0.25) is 0 Å². The molecule has 8 rings (SSSR count). The van der Waals surface area contributed by atoms with E-state index >= 15 is 0 Å². The van der Waals surface area contributed by atoms with E-state index in [1.54, 1.807) is 30.3 Å². The van der Waals surface area contributed by atoms with Gasteiger partial charge < -0.3 is 4.57 Å². The molecule has 0 radical (unpaired) electrons. The third-order valence-corrected chi connectivity index (χ3v) is 8.94. The van der Waals surface area contributed by atoms with Gasteiger partial charge in [0, 0.05) is 33.2 Å². The molecule has 0 amide bonds. The summed E-state index contributed by atoms with van der Waals surface area (Å²) in [5.41, 5.74) is 0.837. The van der Waals surface area contributed by atoms with Gasteiger partial charge >= 0.3 is 12.4 Å². The predicted octanol–water partition coefficient (Wildman–Crippen LogP) is 12.2. The summed E-state index contributed by atoms with van der Waals surface area (Å²) < 4.78 is 85.1. The molecule has 0 saturated heterocycles. The molecular weight excluding hydrogens is 688 g/mol. The van der Waals surface area contributed by atoms with Crippen LogP contribution in [0, 0.1) is 6.57 Å². The quantitative estimate of drug-likeness (QED) is 0.132. The number of aromatic nitrogens is 4. The van der Waals surface area contributed by atoms with Crippen molar-refractivity contribution in [1.29, 1.82) is 0 Å². The zero-order valence-electron chi connectivity index (χ0n) is 27.3. The molecule has 0 aliphatic rings. The van der Waals surface area contributed by atoms with Crippen molar-refractivity contribution in [2.24, 2.45) is 0 Å². The topological polar surface area (TPSA) is 48.0 Å². The van der Waals surface area contributed by atoms with E-state index in [9.17, 15) is 26.3 Å². The van der Waals surface area contributed by atoms with E-state index in [2.05, 4.69) is 4.85 Å². The van der Waals surface area contributed by atoms with Crippen LogP contribution < -0.4 is 0 Å². The Bertz CT molecular complexity index is 2650. The van der Waals surface area contributed by atoms with Crippen molar-refractivity contribution in [2.75, 3.05) is 0 Å². The number of fused-ring (bicyclic) bond motifs is 3. The number of rotatable bonds is 5. The summed E-state index contributed by atoms with van der Waals surface area (Å²) in [6.07, 6.45) is -10.0. The van der Waals surface area contributed by atoms with Crippen molar-refractivity contribution in [3.05, 3.63) is 162 Å². The van der Waals surface area contributed by atoms with Gasteiger partial charge in [0.1, 0.15) is 0 Å². The van der Waals surface area contributed by atoms with Crippen molar-refractivity contribution in [2.45, 2.75) is 12.4 Å². The lowest BCUT2D eigenvalue weighted by Crippen LogP contribution is -2.12. The van der Waals surface area contributed by atoms with Crippen LogP contribution in [0.15, 0.2) is 140 Å². The molecule has 0 unspecified atom stereocenters. The summed E-state index contributed by atoms with van der Waals surface area (Å²) in [5.74, 6) is 1.04. The molecule has 5 nitrogen and oxygen atoms in total. The molecule has 0 saturated carbocycles. The standard InChI is InChI=1S/C42H23F6N5/c1-49-35-21-18-29(24-33(35)40-51-38(25-10-4-2-5-11-25)50-39(52-40)26-12-6-3-7-13-26)53-36-15-9-8-14-31(36)32-19-16-27(22-37(32)53)30-20-17-28(41(43,44)45)23-34(30)42(46,47)48/h2-24H. The van der Waals surface area contributed by atoms with Gasteiger partial charge in [-0.25, -0.2) is 19.8 Å². The predicted molar refractivity (Wildman–Crippen MR) is 192 cm³/mol. The van der Waals surface area contributed by atoms with Crippen LogP contribution in [0.3, 0.4) is 0 Å². The normalized spacial score (nSPS) is 11.9. The zero-order chi connectivity index (χ0) is 36.9. The third kappa shape index (κ3) is 6.14. The van der Waals surface area contributed by atoms with Gasteiger partial charge in [0.15, 0.2) is 23.2 Å². The second kappa shape index (κ2) is 12.8. The minimum atomic E-state index is -5.05. The molecule has 2 aromatic heterocycles. The molecule has 0 aliphatic heterocycles. The minimum Gasteiger partial charge on any atom is -0.309 e. The van der Waals surface area contributed by atoms with Crippen molar-refractivity contribution in [3.63, 3.8) is 0 Å². The fourth-order valence-corrected chi connectivity index (χ4v) is 6.49. The number of nitrogens with zero attached hydrogens (tertiary/aromatic N) is 5. The van der Waals surface area contributed by atoms with Crippen molar-refractivity contribution >= 4 is 27.5 Å². The molecule has 8 aromatic rings. The fourth-order valence-electron chi connectivity index (χ4n) is 6.49. The second-order valence-electron chi connectivity index (χ2n) is 12.2. The smallest absolute Gasteiger partial charge is 0.309 e. The third-order valence-electron chi connectivity index (χ3n) is 8.94. The van der Waals surface area contributed by atoms with E-state index in [0.29, 0.717) is 39.9 Å². The van der Waals surface area contributed by atoms with Gasteiger partial charge in [-0.1, -0.05) is 103 Å². The Hall–Kier alpha value is -6.80. The Kier molecular flexibility index (Phi) is 8.03. The number of hydrogen-bond acceptors (Lipinski definition) is 3. The highest BCUT2D eigenvalue weighted by atomic mass is 19.4. The average molecular weight is 712 g/mol. The minimum absolute atomic E-state index is 0.0816. The molecule has 0 bridgehead atoms. The number of alkyl halides is 6. The van der Waals surface area contributed by atoms with Gasteiger partial charge in [0.05, 0.1) is 28.7 Å². The molecule has 53 heavy (non-hydrogen) atoms. The highest BCUT2D eigenvalue weighted by molar-refractivity contribution is 6.10. The summed E-state index contributed by atoms with van der Waals surface area (Å²) in [6.45, 7) is 8.01. The summed E-state index contributed by atoms with van der Waals surface area (Å²) in [5, 5.41) is 1.50. The van der Waals surface area contributed by atoms with Crippen LogP contribution in [-0.4, -0.2) is 19.5 Å². The maximum absolute atomic E-state index is 14.3. The van der Waals surface area contributed by atoms with Crippen LogP contribution in [0.4, 0.5) is 32.0 Å². The Morgan fingerprint density at radius 3 is 1.72 bits per heavy atom. The number of benzene rings is 6. The zero-order valence-corrected chi connectivity index (χ0v) is 27.3. The van der Waals surface area contributed by atoms with Gasteiger partial charge in [-0.2, -0.15) is 26.3 Å². The van der Waals surface area contributed by atoms with Gasteiger partial charge in [-0.05, 0) is 47.5 Å². The van der Waals surface area contributed by atoms with E-state index in [-0.39, 0.29) is 28.7 Å². The highest BCUT2D eigenvalue weighted by Crippen LogP contribution is 2.43. The molecule has 0 aliphatic carbocycles. The molecule has 0 atom stereocenters. The van der Waals surface area contributed by atoms with Crippen LogP contribution in [-0.2, 0) is 12.4 Å². The number of hydrogen-bond donors (Lipinski definition) is 0. The van der Waals surface area contributed by atoms with Crippen LogP contribution in [0.5, 0.6) is 0 Å². The molecule has 6 aromatic carbocycles. The molecule has 0 fully saturated rings. The first-order valence-corrected chi connectivity index (χ1v) is 16.2. The van der Waals surface area contributed by atoms with Crippen LogP contribution in [0.1, 0.15) is 11.1 Å². The Balaban J connectivity index is 1.36. The maximum atomic E-state index is 14.3. The highest BCUT2D eigenvalue weighted by Gasteiger charge is 2.38. The number of para-hydroxylation sites is 1. The van der Waals surface area contributed by atoms with Crippen LogP contribution in [0.25, 0.3) is 77.6 Å². The van der Waals surface area contributed by atoms with Crippen LogP contribution in [0.2, 0.25) is 0 Å². The van der Waals surface area contributed by atoms with Crippen molar-refractivity contribution in [3.8, 4) is 51.0 Å². The van der Waals surface area contributed by atoms with Crippen molar-refractivity contribution < 1.29 is 26.3 Å². The lowest BCUT2D eigenvalue weighted by molar-refractivity contribution is -0.142. The largest absolute Gasteiger partial charge is 0.417 e. The van der Waals surface area contributed by atoms with E-state index in [1.165, 1.54) is 6.07 Å². The van der Waals surface area contributed by atoms with E-state index in [4.69, 9.17) is 21.5 Å². The van der Waals surface area contributed by atoms with Gasteiger partial charge in [-0.15, -0.1) is 0 Å². The first-order valence-electron chi connectivity index (χ1n) is 16.2. The Morgan fingerprint density at radius 1 is 0.491 bits per heavy atom. The molecule has 2 heterocycles. The molecule has 11 heteroatoms. The van der Waals surface area contributed by atoms with Gasteiger partial charge in [0.25, 0.3) is 0 Å². The first-order chi connectivity index (χ1) is 25.5. The van der Waals surface area contributed by atoms with Gasteiger partial charge in [-0.3, -0.25) is 0 Å². The second-order valence-corrected chi connectivity index (χ2v) is 12.2. The van der Waals surface area contributed by atoms with Crippen LogP contribution >= 0.6 is 0 Å². The average Bonchev–Trinajstić information content (AvgIpc) is 3.51. The monoisotopic (exact) mass is 711 g/mol. The maximum Gasteiger partial charge on any atom is 0.417 e. The number of halogens is 6. The Morgan fingerprint density at radius 2 is 1.09 bits per heavy atom. The molecule has 0 spiro atoms. The molecule has 258 valence electrons. The summed E-state index contributed by atoms with van der Waals surface area (Å²) in [7, 11) is 0. The first kappa shape index (κ1) is 33.3. The lowest BCUT2D eigenvalue weighted by atomic mass is 9.96. The summed E-state index contributed by atoms with van der Waals surface area (Å²) in [4.78, 5) is 18.1. The fraction of sp³-hybridized carbons (Fsp3) is 0.0476. The van der Waals surface area contributed by atoms with E-state index < -0.39 is 23.5 Å². The molecular formula is C42H23F6N5. The molecule has 0 N–H and O–H groups in total. The summed E-state index contributed by atoms with van der Waals surface area (Å²) in [6, 6.07) is 37.6. The van der Waals surface area contributed by atoms with Crippen molar-refractivity contribution in [1.82, 2.24) is 19.5 Å². The SMILES string of the molecule is [C-]#[N+]c1ccc(-n2c3ccccc3c3ccc(-c4ccc(C(F)(F)F)cc4C(F)(F)F)cc32)cc1-c1nc(-c2ccccc2)nc(-c2ccccc2)n1. The van der Waals surface area contributed by atoms with E-state index in [1.807, 2.05) is 89.5 Å². The summed E-state index contributed by atoms with van der Waals surface area (Å²) >= 11 is 0. The Labute approximate surface area is 298 Å². The lowest BCUT2D eigenvalue weighted by Gasteiger charge is -2.17.